The zero-order valence-electron chi connectivity index (χ0n) is 21.6. The maximum atomic E-state index is 13.7. The number of hydrogen-bond donors (Lipinski definition) is 0. The number of aryl methyl sites for hydroxylation is 1. The van der Waals surface area contributed by atoms with E-state index in [2.05, 4.69) is 20.2 Å². The van der Waals surface area contributed by atoms with E-state index in [1.165, 1.54) is 40.4 Å². The van der Waals surface area contributed by atoms with Crippen LogP contribution < -0.4 is 9.47 Å². The van der Waals surface area contributed by atoms with E-state index in [0.717, 1.165) is 11.8 Å². The molecule has 200 valence electrons. The van der Waals surface area contributed by atoms with Crippen LogP contribution in [-0.4, -0.2) is 59.7 Å². The molecule has 0 amide bonds. The van der Waals surface area contributed by atoms with Gasteiger partial charge in [0.1, 0.15) is 34.9 Å². The van der Waals surface area contributed by atoms with Gasteiger partial charge in [-0.25, -0.2) is 12.8 Å². The third-order valence-corrected chi connectivity index (χ3v) is 8.15. The molecule has 0 radical (unpaired) electrons. The molecule has 0 fully saturated rings. The van der Waals surface area contributed by atoms with E-state index in [1.54, 1.807) is 35.2 Å². The summed E-state index contributed by atoms with van der Waals surface area (Å²) < 4.78 is 59.1. The molecular weight excluding hydrogens is 513 g/mol. The summed E-state index contributed by atoms with van der Waals surface area (Å²) in [5.74, 6) is 0.355. The van der Waals surface area contributed by atoms with E-state index >= 15 is 0 Å². The number of hydrogen-bond acceptors (Lipinski definition) is 9. The Morgan fingerprint density at radius 2 is 1.71 bits per heavy atom. The van der Waals surface area contributed by atoms with Gasteiger partial charge in [0, 0.05) is 25.1 Å². The number of para-hydroxylation sites is 1. The fourth-order valence-electron chi connectivity index (χ4n) is 4.17. The number of nitrogens with zero attached hydrogens (tertiary/aromatic N) is 5. The second-order valence-electron chi connectivity index (χ2n) is 8.61. The van der Waals surface area contributed by atoms with Crippen LogP contribution in [-0.2, 0) is 20.3 Å². The normalized spacial score (nSPS) is 13.2. The largest absolute Gasteiger partial charge is 0.494 e. The third kappa shape index (κ3) is 5.36. The summed E-state index contributed by atoms with van der Waals surface area (Å²) in [7, 11) is 0.488. The maximum Gasteiger partial charge on any atom is 0.170 e. The van der Waals surface area contributed by atoms with Crippen molar-refractivity contribution in [1.29, 1.82) is 0 Å². The Labute approximate surface area is 220 Å². The number of methoxy groups -OCH3 is 3. The van der Waals surface area contributed by atoms with Gasteiger partial charge in [-0.2, -0.15) is 0 Å². The Kier molecular flexibility index (Phi) is 8.02. The molecule has 0 N–H and O–H groups in total. The topological polar surface area (TPSA) is 118 Å². The van der Waals surface area contributed by atoms with E-state index in [-0.39, 0.29) is 5.82 Å². The number of sulfone groups is 1. The van der Waals surface area contributed by atoms with Crippen LogP contribution >= 0.6 is 0 Å². The van der Waals surface area contributed by atoms with Crippen molar-refractivity contribution in [3.63, 3.8) is 0 Å². The smallest absolute Gasteiger partial charge is 0.170 e. The van der Waals surface area contributed by atoms with Crippen LogP contribution in [0.1, 0.15) is 30.1 Å². The first-order valence-electron chi connectivity index (χ1n) is 11.6. The molecule has 0 aliphatic carbocycles. The summed E-state index contributed by atoms with van der Waals surface area (Å²) in [6.07, 6.45) is 3.42. The molecule has 0 spiro atoms. The van der Waals surface area contributed by atoms with Crippen molar-refractivity contribution in [3.05, 3.63) is 77.9 Å². The Morgan fingerprint density at radius 1 is 1.00 bits per heavy atom. The first-order valence-corrected chi connectivity index (χ1v) is 13.3. The average molecular weight is 542 g/mol. The van der Waals surface area contributed by atoms with E-state index in [0.29, 0.717) is 34.3 Å². The Balaban J connectivity index is 1.84. The van der Waals surface area contributed by atoms with Gasteiger partial charge in [0.2, 0.25) is 0 Å². The molecule has 0 unspecified atom stereocenters. The van der Waals surface area contributed by atoms with Gasteiger partial charge in [-0.15, -0.1) is 10.2 Å². The first-order chi connectivity index (χ1) is 18.2. The molecule has 4 aromatic rings. The van der Waals surface area contributed by atoms with Crippen molar-refractivity contribution in [1.82, 2.24) is 24.7 Å². The molecule has 0 bridgehead atoms. The number of benzene rings is 1. The van der Waals surface area contributed by atoms with Crippen LogP contribution in [0, 0.1) is 12.7 Å². The molecule has 12 heteroatoms. The summed E-state index contributed by atoms with van der Waals surface area (Å²) >= 11 is 0. The molecule has 0 saturated carbocycles. The third-order valence-electron chi connectivity index (χ3n) is 6.11. The predicted molar refractivity (Wildman–Crippen MR) is 138 cm³/mol. The lowest BCUT2D eigenvalue weighted by Gasteiger charge is -2.23. The molecule has 0 aliphatic heterocycles. The predicted octanol–water partition coefficient (Wildman–Crippen LogP) is 3.88. The van der Waals surface area contributed by atoms with Crippen molar-refractivity contribution in [3.8, 4) is 28.6 Å². The zero-order chi connectivity index (χ0) is 27.4. The number of pyridine rings is 2. The molecule has 10 nitrogen and oxygen atoms in total. The summed E-state index contributed by atoms with van der Waals surface area (Å²) in [5, 5.41) is 7.58. The molecule has 3 heterocycles. The summed E-state index contributed by atoms with van der Waals surface area (Å²) in [5.41, 5.74) is 2.26. The molecule has 2 atom stereocenters. The molecule has 0 aliphatic rings. The Hall–Kier alpha value is -3.90. The van der Waals surface area contributed by atoms with E-state index in [9.17, 15) is 12.8 Å². The van der Waals surface area contributed by atoms with Gasteiger partial charge in [-0.05, 0) is 49.7 Å². The van der Waals surface area contributed by atoms with Gasteiger partial charge >= 0.3 is 0 Å². The van der Waals surface area contributed by atoms with Crippen molar-refractivity contribution in [2.45, 2.75) is 31.0 Å². The van der Waals surface area contributed by atoms with Crippen molar-refractivity contribution < 1.29 is 27.0 Å². The lowest BCUT2D eigenvalue weighted by atomic mass is 10.2. The molecule has 1 aromatic carbocycles. The lowest BCUT2D eigenvalue weighted by Crippen LogP contribution is -2.29. The van der Waals surface area contributed by atoms with Gasteiger partial charge in [0.15, 0.2) is 21.5 Å². The molecule has 4 rings (SSSR count). The van der Waals surface area contributed by atoms with Crippen LogP contribution in [0.3, 0.4) is 0 Å². The van der Waals surface area contributed by atoms with Crippen LogP contribution in [0.15, 0.2) is 55.0 Å². The van der Waals surface area contributed by atoms with Gasteiger partial charge in [-0.1, -0.05) is 6.07 Å². The molecule has 38 heavy (non-hydrogen) atoms. The number of rotatable bonds is 10. The minimum atomic E-state index is -3.91. The fourth-order valence-corrected chi connectivity index (χ4v) is 5.61. The minimum absolute atomic E-state index is 0.137. The highest BCUT2D eigenvalue weighted by atomic mass is 32.2. The highest BCUT2D eigenvalue weighted by Crippen LogP contribution is 2.37. The van der Waals surface area contributed by atoms with Gasteiger partial charge in [0.05, 0.1) is 31.4 Å². The molecule has 3 aromatic heterocycles. The maximum absolute atomic E-state index is 13.7. The lowest BCUT2D eigenvalue weighted by molar-refractivity contribution is 0.0986. The molecule has 0 saturated heterocycles. The highest BCUT2D eigenvalue weighted by molar-refractivity contribution is 7.91. The number of ether oxygens (including phenoxy) is 3. The second-order valence-corrected chi connectivity index (χ2v) is 11.0. The highest BCUT2D eigenvalue weighted by Gasteiger charge is 2.34. The van der Waals surface area contributed by atoms with Gasteiger partial charge in [0.25, 0.3) is 0 Å². The zero-order valence-corrected chi connectivity index (χ0v) is 22.4. The summed E-state index contributed by atoms with van der Waals surface area (Å²) in [4.78, 5) is 8.27. The van der Waals surface area contributed by atoms with Gasteiger partial charge < -0.3 is 14.2 Å². The van der Waals surface area contributed by atoms with Crippen LogP contribution in [0.2, 0.25) is 0 Å². The van der Waals surface area contributed by atoms with E-state index in [4.69, 9.17) is 14.2 Å². The Morgan fingerprint density at radius 3 is 2.29 bits per heavy atom. The monoisotopic (exact) mass is 541 g/mol. The molecular formula is C26H28FN5O5S. The number of aromatic nitrogens is 5. The summed E-state index contributed by atoms with van der Waals surface area (Å²) in [6, 6.07) is 9.71. The van der Waals surface area contributed by atoms with Crippen molar-refractivity contribution in [2.24, 2.45) is 0 Å². The second kappa shape index (κ2) is 11.2. The summed E-state index contributed by atoms with van der Waals surface area (Å²) in [6.45, 7) is 3.41. The number of halogens is 1. The quantitative estimate of drug-likeness (QED) is 0.295. The van der Waals surface area contributed by atoms with Gasteiger partial charge in [-0.3, -0.25) is 14.5 Å². The van der Waals surface area contributed by atoms with E-state index < -0.39 is 32.8 Å². The van der Waals surface area contributed by atoms with Crippen LogP contribution in [0.25, 0.3) is 17.1 Å². The standard InChI is InChI=1S/C26H28FN5O5S/c1-16-11-18(13-28-12-16)26-31-30-23(32(26)24-21(35-3)7-6-8-22(24)36-4)15-38(33,34)17(2)25(37-5)20-10-9-19(27)14-29-20/h6-14,17,25H,15H2,1-5H3/t17-,25-/m0/s1. The SMILES string of the molecule is COc1cccc(OC)c1-n1c(CS(=O)(=O)[C@@H](C)[C@H](OC)c2ccc(F)cn2)nnc1-c1cncc(C)c1. The fraction of sp³-hybridized carbons (Fsp3) is 0.308. The average Bonchev–Trinajstić information content (AvgIpc) is 3.31. The minimum Gasteiger partial charge on any atom is -0.494 e. The Bertz CT molecular complexity index is 1500. The van der Waals surface area contributed by atoms with Crippen molar-refractivity contribution in [2.75, 3.05) is 21.3 Å². The van der Waals surface area contributed by atoms with Crippen LogP contribution in [0.5, 0.6) is 11.5 Å². The first kappa shape index (κ1) is 27.1. The van der Waals surface area contributed by atoms with E-state index in [1.807, 2.05) is 13.0 Å². The van der Waals surface area contributed by atoms with Crippen molar-refractivity contribution >= 4 is 9.84 Å². The van der Waals surface area contributed by atoms with Crippen LogP contribution in [0.4, 0.5) is 4.39 Å².